The van der Waals surface area contributed by atoms with Crippen molar-refractivity contribution in [3.05, 3.63) is 41.9 Å². The van der Waals surface area contributed by atoms with Crippen LogP contribution in [0.3, 0.4) is 0 Å². The van der Waals surface area contributed by atoms with E-state index in [0.717, 1.165) is 31.7 Å². The van der Waals surface area contributed by atoms with Crippen LogP contribution in [-0.4, -0.2) is 45.7 Å². The molecule has 1 aliphatic rings. The van der Waals surface area contributed by atoms with Crippen molar-refractivity contribution < 1.29 is 4.79 Å². The van der Waals surface area contributed by atoms with Crippen LogP contribution < -0.4 is 5.32 Å². The number of nitrogens with one attached hydrogen (secondary N) is 1. The van der Waals surface area contributed by atoms with E-state index in [1.807, 2.05) is 38.1 Å². The lowest BCUT2D eigenvalue weighted by molar-refractivity contribution is 0.0692. The van der Waals surface area contributed by atoms with Crippen molar-refractivity contribution in [2.24, 2.45) is 0 Å². The minimum absolute atomic E-state index is 0.0776. The monoisotopic (exact) mass is 327 g/mol. The quantitative estimate of drug-likeness (QED) is 0.938. The van der Waals surface area contributed by atoms with E-state index in [4.69, 9.17) is 0 Å². The van der Waals surface area contributed by atoms with Crippen LogP contribution in [0.5, 0.6) is 0 Å². The highest BCUT2D eigenvalue weighted by atomic mass is 16.2. The first-order chi connectivity index (χ1) is 11.6. The first-order valence-corrected chi connectivity index (χ1v) is 8.56. The number of likely N-dealkylation sites (tertiary alicyclic amines) is 1. The number of carbonyl (C=O) groups excluding carboxylic acids is 1. The first kappa shape index (κ1) is 16.5. The summed E-state index contributed by atoms with van der Waals surface area (Å²) in [6.45, 7) is 5.63. The second-order valence-electron chi connectivity index (χ2n) is 6.57. The molecule has 1 saturated heterocycles. The Balaban J connectivity index is 1.77. The summed E-state index contributed by atoms with van der Waals surface area (Å²) in [6.07, 6.45) is 5.65. The lowest BCUT2D eigenvalue weighted by Gasteiger charge is -2.33. The third-order valence-electron chi connectivity index (χ3n) is 4.60. The van der Waals surface area contributed by atoms with Gasteiger partial charge >= 0.3 is 0 Å². The molecule has 1 aliphatic heterocycles. The highest BCUT2D eigenvalue weighted by molar-refractivity contribution is 5.92. The van der Waals surface area contributed by atoms with E-state index in [9.17, 15) is 4.79 Å². The van der Waals surface area contributed by atoms with Crippen molar-refractivity contribution in [1.82, 2.24) is 19.7 Å². The van der Waals surface area contributed by atoms with Gasteiger partial charge in [0.25, 0.3) is 5.91 Å². The molecule has 2 aromatic heterocycles. The third kappa shape index (κ3) is 3.27. The number of amides is 1. The maximum absolute atomic E-state index is 12.9. The zero-order valence-corrected chi connectivity index (χ0v) is 14.6. The van der Waals surface area contributed by atoms with Crippen LogP contribution in [-0.2, 0) is 0 Å². The van der Waals surface area contributed by atoms with Gasteiger partial charge in [0.15, 0.2) is 0 Å². The summed E-state index contributed by atoms with van der Waals surface area (Å²) in [7, 11) is 1.87. The van der Waals surface area contributed by atoms with Crippen molar-refractivity contribution in [3.63, 3.8) is 0 Å². The molecule has 3 heterocycles. The van der Waals surface area contributed by atoms with Gasteiger partial charge in [0, 0.05) is 44.5 Å². The van der Waals surface area contributed by atoms with E-state index in [0.29, 0.717) is 11.6 Å². The highest BCUT2D eigenvalue weighted by Gasteiger charge is 2.27. The number of anilines is 1. The Morgan fingerprint density at radius 3 is 2.92 bits per heavy atom. The standard InChI is InChI=1S/C18H25N5O/c1-13(2)23-16(7-9-21-23)18(24)22-10-4-5-15(12-22)14-6-8-20-17(11-14)19-3/h6-9,11,13,15H,4-5,10,12H2,1-3H3,(H,19,20). The van der Waals surface area contributed by atoms with Crippen molar-refractivity contribution in [1.29, 1.82) is 0 Å². The molecule has 0 spiro atoms. The van der Waals surface area contributed by atoms with E-state index in [-0.39, 0.29) is 11.9 Å². The predicted molar refractivity (Wildman–Crippen MR) is 94.3 cm³/mol. The first-order valence-electron chi connectivity index (χ1n) is 8.56. The Kier molecular flexibility index (Phi) is 4.83. The Hall–Kier alpha value is -2.37. The van der Waals surface area contributed by atoms with Crippen molar-refractivity contribution in [3.8, 4) is 0 Å². The number of carbonyl (C=O) groups is 1. The summed E-state index contributed by atoms with van der Waals surface area (Å²) in [5, 5.41) is 7.36. The zero-order chi connectivity index (χ0) is 17.1. The van der Waals surface area contributed by atoms with Crippen LogP contribution in [0.2, 0.25) is 0 Å². The Morgan fingerprint density at radius 2 is 2.17 bits per heavy atom. The molecule has 6 heteroatoms. The summed E-state index contributed by atoms with van der Waals surface area (Å²) in [5.74, 6) is 1.30. The van der Waals surface area contributed by atoms with Crippen molar-refractivity contribution in [2.45, 2.75) is 38.6 Å². The molecule has 0 saturated carbocycles. The van der Waals surface area contributed by atoms with E-state index in [1.165, 1.54) is 5.56 Å². The minimum atomic E-state index is 0.0776. The number of pyridine rings is 1. The minimum Gasteiger partial charge on any atom is -0.373 e. The summed E-state index contributed by atoms with van der Waals surface area (Å²) in [6, 6.07) is 6.13. The van der Waals surface area contributed by atoms with Gasteiger partial charge < -0.3 is 10.2 Å². The van der Waals surface area contributed by atoms with Crippen LogP contribution >= 0.6 is 0 Å². The Morgan fingerprint density at radius 1 is 1.33 bits per heavy atom. The van der Waals surface area contributed by atoms with E-state index in [1.54, 1.807) is 10.9 Å². The average molecular weight is 327 g/mol. The fourth-order valence-corrected chi connectivity index (χ4v) is 3.33. The van der Waals surface area contributed by atoms with Gasteiger partial charge in [-0.3, -0.25) is 9.48 Å². The highest BCUT2D eigenvalue weighted by Crippen LogP contribution is 2.28. The van der Waals surface area contributed by atoms with Gasteiger partial charge in [0.1, 0.15) is 11.5 Å². The summed E-state index contributed by atoms with van der Waals surface area (Å²) in [4.78, 5) is 19.2. The molecule has 2 aromatic rings. The average Bonchev–Trinajstić information content (AvgIpc) is 3.11. The molecular weight excluding hydrogens is 302 g/mol. The molecule has 128 valence electrons. The molecule has 1 amide bonds. The lowest BCUT2D eigenvalue weighted by atomic mass is 9.91. The van der Waals surface area contributed by atoms with Gasteiger partial charge in [0.2, 0.25) is 0 Å². The van der Waals surface area contributed by atoms with Crippen LogP contribution in [0.15, 0.2) is 30.6 Å². The molecule has 6 nitrogen and oxygen atoms in total. The van der Waals surface area contributed by atoms with Crippen LogP contribution in [0.1, 0.15) is 54.7 Å². The van der Waals surface area contributed by atoms with Gasteiger partial charge in [0.05, 0.1) is 0 Å². The van der Waals surface area contributed by atoms with Gasteiger partial charge in [-0.15, -0.1) is 0 Å². The number of rotatable bonds is 4. The fourth-order valence-electron chi connectivity index (χ4n) is 3.33. The Bertz CT molecular complexity index is 709. The molecule has 3 rings (SSSR count). The fraction of sp³-hybridized carbons (Fsp3) is 0.500. The van der Waals surface area contributed by atoms with Gasteiger partial charge in [-0.25, -0.2) is 4.98 Å². The third-order valence-corrected chi connectivity index (χ3v) is 4.60. The molecule has 1 N–H and O–H groups in total. The second-order valence-corrected chi connectivity index (χ2v) is 6.57. The number of piperidine rings is 1. The zero-order valence-electron chi connectivity index (χ0n) is 14.6. The normalized spacial score (nSPS) is 18.0. The van der Waals surface area contributed by atoms with Crippen LogP contribution in [0.25, 0.3) is 0 Å². The molecule has 1 atom stereocenters. The van der Waals surface area contributed by atoms with Gasteiger partial charge in [-0.2, -0.15) is 5.10 Å². The number of hydrogen-bond acceptors (Lipinski definition) is 4. The molecule has 0 aliphatic carbocycles. The topological polar surface area (TPSA) is 63.1 Å². The SMILES string of the molecule is CNc1cc(C2CCCN(C(=O)c3ccnn3C(C)C)C2)ccn1. The predicted octanol–water partition coefficient (Wildman–Crippen LogP) is 2.92. The molecule has 0 bridgehead atoms. The lowest BCUT2D eigenvalue weighted by Crippen LogP contribution is -2.40. The molecule has 1 unspecified atom stereocenters. The van der Waals surface area contributed by atoms with Crippen molar-refractivity contribution in [2.75, 3.05) is 25.5 Å². The van der Waals surface area contributed by atoms with Crippen LogP contribution in [0, 0.1) is 0 Å². The molecule has 1 fully saturated rings. The summed E-state index contributed by atoms with van der Waals surface area (Å²) < 4.78 is 1.80. The molecular formula is C18H25N5O. The van der Waals surface area contributed by atoms with Gasteiger partial charge in [-0.1, -0.05) is 0 Å². The summed E-state index contributed by atoms with van der Waals surface area (Å²) in [5.41, 5.74) is 1.92. The van der Waals surface area contributed by atoms with Gasteiger partial charge in [-0.05, 0) is 50.5 Å². The molecule has 24 heavy (non-hydrogen) atoms. The number of aromatic nitrogens is 3. The molecule has 0 radical (unpaired) electrons. The smallest absolute Gasteiger partial charge is 0.272 e. The van der Waals surface area contributed by atoms with E-state index < -0.39 is 0 Å². The number of hydrogen-bond donors (Lipinski definition) is 1. The number of nitrogens with zero attached hydrogens (tertiary/aromatic N) is 4. The van der Waals surface area contributed by atoms with Crippen LogP contribution in [0.4, 0.5) is 5.82 Å². The maximum Gasteiger partial charge on any atom is 0.272 e. The van der Waals surface area contributed by atoms with E-state index in [2.05, 4.69) is 27.5 Å². The maximum atomic E-state index is 12.9. The summed E-state index contributed by atoms with van der Waals surface area (Å²) >= 11 is 0. The Labute approximate surface area is 142 Å². The van der Waals surface area contributed by atoms with Crippen molar-refractivity contribution >= 4 is 11.7 Å². The largest absolute Gasteiger partial charge is 0.373 e. The molecule has 0 aromatic carbocycles. The van der Waals surface area contributed by atoms with E-state index >= 15 is 0 Å². The second kappa shape index (κ2) is 7.03.